The van der Waals surface area contributed by atoms with Crippen LogP contribution in [0, 0.1) is 5.92 Å². The Bertz CT molecular complexity index is 739. The minimum absolute atomic E-state index is 0.0925. The van der Waals surface area contributed by atoms with E-state index in [2.05, 4.69) is 5.32 Å². The molecule has 29 heavy (non-hydrogen) atoms. The van der Waals surface area contributed by atoms with Gasteiger partial charge < -0.3 is 14.8 Å². The smallest absolute Gasteiger partial charge is 0.304 e. The van der Waals surface area contributed by atoms with Crippen molar-refractivity contribution >= 4 is 21.8 Å². The highest BCUT2D eigenvalue weighted by molar-refractivity contribution is 7.90. The average molecular weight is 428 g/mol. The number of anilines is 1. The van der Waals surface area contributed by atoms with Crippen LogP contribution in [0.5, 0.6) is 5.75 Å². The normalized spacial score (nSPS) is 17.7. The number of nitrogens with zero attached hydrogens (tertiary/aromatic N) is 2. The number of hydrogen-bond acceptors (Lipinski definition) is 5. The van der Waals surface area contributed by atoms with Gasteiger partial charge in [-0.25, -0.2) is 0 Å². The van der Waals surface area contributed by atoms with Gasteiger partial charge in [0.1, 0.15) is 5.75 Å². The van der Waals surface area contributed by atoms with E-state index in [0.717, 1.165) is 6.42 Å². The molecule has 0 spiro atoms. The molecule has 8 nitrogen and oxygen atoms in total. The van der Waals surface area contributed by atoms with Crippen LogP contribution >= 0.6 is 0 Å². The first-order valence-electron chi connectivity index (χ1n) is 10.2. The summed E-state index contributed by atoms with van der Waals surface area (Å²) in [4.78, 5) is 12.4. The molecule has 1 aromatic carbocycles. The van der Waals surface area contributed by atoms with Crippen molar-refractivity contribution in [2.75, 3.05) is 50.8 Å². The summed E-state index contributed by atoms with van der Waals surface area (Å²) in [6, 6.07) is 7.03. The summed E-state index contributed by atoms with van der Waals surface area (Å²) in [5.74, 6) is 0.276. The van der Waals surface area contributed by atoms with Crippen LogP contribution in [0.3, 0.4) is 0 Å². The summed E-state index contributed by atoms with van der Waals surface area (Å²) in [7, 11) is -2.10. The van der Waals surface area contributed by atoms with E-state index >= 15 is 0 Å². The lowest BCUT2D eigenvalue weighted by Crippen LogP contribution is -2.50. The first-order chi connectivity index (χ1) is 13.9. The molecule has 1 aliphatic rings. The van der Waals surface area contributed by atoms with Gasteiger partial charge in [-0.3, -0.25) is 9.10 Å². The summed E-state index contributed by atoms with van der Waals surface area (Å²) in [5, 5.41) is 2.88. The first-order valence-corrected chi connectivity index (χ1v) is 11.6. The highest BCUT2D eigenvalue weighted by Crippen LogP contribution is 2.26. The van der Waals surface area contributed by atoms with Crippen molar-refractivity contribution in [3.8, 4) is 5.75 Å². The summed E-state index contributed by atoms with van der Waals surface area (Å²) in [6.07, 6.45) is 2.09. The van der Waals surface area contributed by atoms with E-state index in [0.29, 0.717) is 57.1 Å². The topological polar surface area (TPSA) is 88.2 Å². The van der Waals surface area contributed by atoms with Gasteiger partial charge in [-0.2, -0.15) is 12.7 Å². The standard InChI is InChI=1S/C20H33N3O5S/c1-4-23(18-9-11-19(12-10-18)28-5-2)29(25,26)22-14-6-8-17(16-22)20(24)21-13-7-15-27-3/h9-12,17H,4-8,13-16H2,1-3H3,(H,21,24)/t17-/m1/s1. The number of amides is 1. The molecule has 1 fully saturated rings. The molecule has 1 amide bonds. The molecule has 0 aromatic heterocycles. The molecule has 1 saturated heterocycles. The van der Waals surface area contributed by atoms with E-state index in [4.69, 9.17) is 9.47 Å². The summed E-state index contributed by atoms with van der Waals surface area (Å²) < 4.78 is 39.8. The number of benzene rings is 1. The van der Waals surface area contributed by atoms with Crippen molar-refractivity contribution < 1.29 is 22.7 Å². The molecule has 1 aromatic rings. The number of nitrogens with one attached hydrogen (secondary N) is 1. The van der Waals surface area contributed by atoms with Gasteiger partial charge in [0.25, 0.3) is 0 Å². The fraction of sp³-hybridized carbons (Fsp3) is 0.650. The van der Waals surface area contributed by atoms with E-state index < -0.39 is 10.2 Å². The average Bonchev–Trinajstić information content (AvgIpc) is 2.73. The van der Waals surface area contributed by atoms with Crippen LogP contribution in [-0.2, 0) is 19.7 Å². The van der Waals surface area contributed by atoms with Crippen LogP contribution in [0.25, 0.3) is 0 Å². The molecule has 1 atom stereocenters. The van der Waals surface area contributed by atoms with Crippen molar-refractivity contribution in [1.29, 1.82) is 0 Å². The van der Waals surface area contributed by atoms with Crippen LogP contribution in [0.1, 0.15) is 33.1 Å². The van der Waals surface area contributed by atoms with Gasteiger partial charge in [0.15, 0.2) is 0 Å². The number of carbonyl (C=O) groups is 1. The molecule has 0 aliphatic carbocycles. The number of methoxy groups -OCH3 is 1. The third-order valence-electron chi connectivity index (χ3n) is 4.91. The zero-order chi connectivity index (χ0) is 21.3. The molecule has 1 aliphatic heterocycles. The minimum Gasteiger partial charge on any atom is -0.494 e. The summed E-state index contributed by atoms with van der Waals surface area (Å²) in [6.45, 7) is 6.30. The van der Waals surface area contributed by atoms with Gasteiger partial charge in [-0.15, -0.1) is 0 Å². The number of rotatable bonds is 11. The van der Waals surface area contributed by atoms with Crippen molar-refractivity contribution in [2.24, 2.45) is 5.92 Å². The monoisotopic (exact) mass is 427 g/mol. The Balaban J connectivity index is 2.06. The highest BCUT2D eigenvalue weighted by Gasteiger charge is 2.35. The quantitative estimate of drug-likeness (QED) is 0.546. The summed E-state index contributed by atoms with van der Waals surface area (Å²) >= 11 is 0. The molecule has 164 valence electrons. The maximum Gasteiger partial charge on any atom is 0.304 e. The SMILES string of the molecule is CCOc1ccc(N(CC)S(=O)(=O)N2CCC[C@@H](C(=O)NCCCOC)C2)cc1. The number of carbonyl (C=O) groups excluding carboxylic acids is 1. The van der Waals surface area contributed by atoms with E-state index in [1.807, 2.05) is 6.92 Å². The molecule has 0 unspecified atom stereocenters. The Labute approximate surface area is 174 Å². The molecule has 0 radical (unpaired) electrons. The van der Waals surface area contributed by atoms with E-state index in [1.165, 1.54) is 8.61 Å². The van der Waals surface area contributed by atoms with Crippen molar-refractivity contribution in [2.45, 2.75) is 33.1 Å². The molecular weight excluding hydrogens is 394 g/mol. The molecule has 2 rings (SSSR count). The highest BCUT2D eigenvalue weighted by atomic mass is 32.2. The number of hydrogen-bond donors (Lipinski definition) is 1. The van der Waals surface area contributed by atoms with Crippen LogP contribution in [0.15, 0.2) is 24.3 Å². The Kier molecular flexibility index (Phi) is 9.19. The molecule has 9 heteroatoms. The van der Waals surface area contributed by atoms with Gasteiger partial charge in [0, 0.05) is 39.9 Å². The lowest BCUT2D eigenvalue weighted by Gasteiger charge is -2.35. The second-order valence-electron chi connectivity index (χ2n) is 6.93. The third-order valence-corrected chi connectivity index (χ3v) is 6.92. The fourth-order valence-electron chi connectivity index (χ4n) is 3.43. The van der Waals surface area contributed by atoms with E-state index in [1.54, 1.807) is 38.3 Å². The maximum absolute atomic E-state index is 13.3. The van der Waals surface area contributed by atoms with Crippen LogP contribution in [0.4, 0.5) is 5.69 Å². The van der Waals surface area contributed by atoms with Gasteiger partial charge >= 0.3 is 10.2 Å². The van der Waals surface area contributed by atoms with E-state index in [-0.39, 0.29) is 18.4 Å². The fourth-order valence-corrected chi connectivity index (χ4v) is 5.15. The zero-order valence-corrected chi connectivity index (χ0v) is 18.4. The predicted molar refractivity (Wildman–Crippen MR) is 113 cm³/mol. The molecule has 0 bridgehead atoms. The molecule has 1 N–H and O–H groups in total. The second kappa shape index (κ2) is 11.4. The first kappa shape index (κ1) is 23.4. The number of ether oxygens (including phenoxy) is 2. The maximum atomic E-state index is 13.3. The predicted octanol–water partition coefficient (Wildman–Crippen LogP) is 2.02. The van der Waals surface area contributed by atoms with Gasteiger partial charge in [0.2, 0.25) is 5.91 Å². The van der Waals surface area contributed by atoms with Crippen LogP contribution < -0.4 is 14.4 Å². The van der Waals surface area contributed by atoms with Gasteiger partial charge in [-0.1, -0.05) is 0 Å². The Morgan fingerprint density at radius 3 is 2.62 bits per heavy atom. The Morgan fingerprint density at radius 1 is 1.28 bits per heavy atom. The van der Waals surface area contributed by atoms with Crippen molar-refractivity contribution in [3.05, 3.63) is 24.3 Å². The van der Waals surface area contributed by atoms with Crippen molar-refractivity contribution in [1.82, 2.24) is 9.62 Å². The molecular formula is C20H33N3O5S. The van der Waals surface area contributed by atoms with Gasteiger partial charge in [0.05, 0.1) is 18.2 Å². The third kappa shape index (κ3) is 6.32. The second-order valence-corrected chi connectivity index (χ2v) is 8.79. The van der Waals surface area contributed by atoms with Crippen molar-refractivity contribution in [3.63, 3.8) is 0 Å². The van der Waals surface area contributed by atoms with Crippen LogP contribution in [0.2, 0.25) is 0 Å². The molecule has 0 saturated carbocycles. The number of piperidine rings is 1. The Hall–Kier alpha value is -1.84. The zero-order valence-electron chi connectivity index (χ0n) is 17.6. The van der Waals surface area contributed by atoms with E-state index in [9.17, 15) is 13.2 Å². The lowest BCUT2D eigenvalue weighted by molar-refractivity contribution is -0.126. The minimum atomic E-state index is -3.72. The Morgan fingerprint density at radius 2 is 2.00 bits per heavy atom. The lowest BCUT2D eigenvalue weighted by atomic mass is 9.99. The van der Waals surface area contributed by atoms with Gasteiger partial charge in [-0.05, 0) is 57.4 Å². The van der Waals surface area contributed by atoms with Crippen LogP contribution in [-0.4, -0.2) is 65.1 Å². The summed E-state index contributed by atoms with van der Waals surface area (Å²) in [5.41, 5.74) is 0.585. The molecule has 1 heterocycles. The largest absolute Gasteiger partial charge is 0.494 e.